The lowest BCUT2D eigenvalue weighted by molar-refractivity contribution is -0.143. The van der Waals surface area contributed by atoms with Crippen LogP contribution in [-0.4, -0.2) is 47.4 Å². The Bertz CT molecular complexity index is 1180. The highest BCUT2D eigenvalue weighted by molar-refractivity contribution is 5.76. The first-order valence-corrected chi connectivity index (χ1v) is 32.8. The van der Waals surface area contributed by atoms with Crippen molar-refractivity contribution >= 4 is 11.9 Å². The topological polar surface area (TPSA) is 95.9 Å². The lowest BCUT2D eigenvalue weighted by Crippen LogP contribution is -2.45. The molecule has 0 heterocycles. The predicted octanol–water partition coefficient (Wildman–Crippen LogP) is 20.8. The third-order valence-corrected chi connectivity index (χ3v) is 15.2. The van der Waals surface area contributed by atoms with Crippen LogP contribution in [0, 0.1) is 0 Å². The van der Waals surface area contributed by atoms with E-state index in [4.69, 9.17) is 4.74 Å². The maximum Gasteiger partial charge on any atom is 0.305 e. The number of hydrogen-bond donors (Lipinski definition) is 3. The predicted molar refractivity (Wildman–Crippen MR) is 319 cm³/mol. The standard InChI is InChI=1S/C67H127NO5/c1-3-5-7-9-11-13-15-17-19-21-25-29-33-37-41-45-49-53-57-61-67(72)73-62-58-54-50-46-42-38-34-30-27-24-22-23-26-28-32-36-40-44-48-52-56-60-66(71)68-64(63-69)65(70)59-55-51-47-43-39-35-31-20-18-16-14-12-10-8-6-4-2/h11,13,17,19,55,59,64-65,69-70H,3-10,12,14-16,18,20-54,56-58,60-63H2,1-2H3,(H,68,71)/b13-11-,19-17-,59-55+. The minimum Gasteiger partial charge on any atom is -0.466 e. The molecule has 0 aromatic heterocycles. The van der Waals surface area contributed by atoms with Gasteiger partial charge in [0.05, 0.1) is 25.4 Å². The molecule has 0 radical (unpaired) electrons. The number of rotatable bonds is 61. The van der Waals surface area contributed by atoms with Crippen molar-refractivity contribution in [1.29, 1.82) is 0 Å². The summed E-state index contributed by atoms with van der Waals surface area (Å²) in [5, 5.41) is 23.2. The molecule has 6 nitrogen and oxygen atoms in total. The van der Waals surface area contributed by atoms with E-state index in [-0.39, 0.29) is 18.5 Å². The van der Waals surface area contributed by atoms with Gasteiger partial charge in [-0.3, -0.25) is 9.59 Å². The second kappa shape index (κ2) is 62.6. The van der Waals surface area contributed by atoms with Crippen LogP contribution in [0.5, 0.6) is 0 Å². The summed E-state index contributed by atoms with van der Waals surface area (Å²) >= 11 is 0. The van der Waals surface area contributed by atoms with Gasteiger partial charge in [-0.15, -0.1) is 0 Å². The summed E-state index contributed by atoms with van der Waals surface area (Å²) in [5.74, 6) is -0.0592. The Morgan fingerprint density at radius 1 is 0.384 bits per heavy atom. The number of hydrogen-bond acceptors (Lipinski definition) is 5. The molecule has 430 valence electrons. The van der Waals surface area contributed by atoms with Crippen LogP contribution in [-0.2, 0) is 14.3 Å². The Labute approximate surface area is 455 Å². The van der Waals surface area contributed by atoms with Crippen molar-refractivity contribution in [2.24, 2.45) is 0 Å². The van der Waals surface area contributed by atoms with E-state index in [1.165, 1.54) is 276 Å². The lowest BCUT2D eigenvalue weighted by atomic mass is 10.0. The summed E-state index contributed by atoms with van der Waals surface area (Å²) in [6, 6.07) is -0.629. The summed E-state index contributed by atoms with van der Waals surface area (Å²) in [7, 11) is 0. The molecule has 0 spiro atoms. The van der Waals surface area contributed by atoms with E-state index in [0.29, 0.717) is 19.4 Å². The van der Waals surface area contributed by atoms with Gasteiger partial charge in [0.2, 0.25) is 5.91 Å². The molecule has 0 saturated heterocycles. The molecule has 2 atom stereocenters. The summed E-state index contributed by atoms with van der Waals surface area (Å²) in [5.41, 5.74) is 0. The van der Waals surface area contributed by atoms with Crippen LogP contribution in [0.25, 0.3) is 0 Å². The third-order valence-electron chi connectivity index (χ3n) is 15.2. The Balaban J connectivity index is 3.39. The highest BCUT2D eigenvalue weighted by Crippen LogP contribution is 2.18. The van der Waals surface area contributed by atoms with Gasteiger partial charge in [-0.05, 0) is 64.2 Å². The molecule has 0 bridgehead atoms. The molecule has 73 heavy (non-hydrogen) atoms. The van der Waals surface area contributed by atoms with Crippen molar-refractivity contribution in [3.63, 3.8) is 0 Å². The molecular formula is C67H127NO5. The molecule has 0 rings (SSSR count). The SMILES string of the molecule is CCCCC/C=C\C/C=C\CCCCCCCCCCCC(=O)OCCCCCCCCCCCCCCCCCCCCCCCC(=O)NC(CO)C(O)/C=C/CCCCCCCCCCCCCCCC. The Hall–Kier alpha value is -1.92. The van der Waals surface area contributed by atoms with Gasteiger partial charge >= 0.3 is 5.97 Å². The van der Waals surface area contributed by atoms with Crippen LogP contribution in [0.1, 0.15) is 354 Å². The lowest BCUT2D eigenvalue weighted by Gasteiger charge is -2.20. The number of ether oxygens (including phenoxy) is 1. The van der Waals surface area contributed by atoms with E-state index >= 15 is 0 Å². The zero-order valence-electron chi connectivity index (χ0n) is 49.1. The molecule has 0 aromatic rings. The molecule has 0 aliphatic heterocycles. The number of aliphatic hydroxyl groups excluding tert-OH is 2. The largest absolute Gasteiger partial charge is 0.466 e. The first-order chi connectivity index (χ1) is 36.0. The first kappa shape index (κ1) is 71.1. The third kappa shape index (κ3) is 59.2. The van der Waals surface area contributed by atoms with E-state index in [0.717, 1.165) is 51.4 Å². The summed E-state index contributed by atoms with van der Waals surface area (Å²) < 4.78 is 5.50. The van der Waals surface area contributed by atoms with Crippen LogP contribution >= 0.6 is 0 Å². The number of aliphatic hydroxyl groups is 2. The van der Waals surface area contributed by atoms with Gasteiger partial charge in [-0.1, -0.05) is 314 Å². The van der Waals surface area contributed by atoms with Gasteiger partial charge in [-0.2, -0.15) is 0 Å². The highest BCUT2D eigenvalue weighted by Gasteiger charge is 2.18. The van der Waals surface area contributed by atoms with Crippen LogP contribution < -0.4 is 5.32 Å². The molecule has 2 unspecified atom stereocenters. The molecular weight excluding hydrogens is 899 g/mol. The normalized spacial score (nSPS) is 12.8. The quantitative estimate of drug-likeness (QED) is 0.0320. The monoisotopic (exact) mass is 1030 g/mol. The van der Waals surface area contributed by atoms with Crippen LogP contribution in [0.2, 0.25) is 0 Å². The van der Waals surface area contributed by atoms with Crippen LogP contribution in [0.15, 0.2) is 36.5 Å². The zero-order chi connectivity index (χ0) is 52.9. The summed E-state index contributed by atoms with van der Waals surface area (Å²) in [6.07, 6.45) is 79.0. The first-order valence-electron chi connectivity index (χ1n) is 32.8. The van der Waals surface area contributed by atoms with E-state index in [9.17, 15) is 19.8 Å². The van der Waals surface area contributed by atoms with Crippen LogP contribution in [0.4, 0.5) is 0 Å². The number of unbranched alkanes of at least 4 members (excludes halogenated alkanes) is 46. The van der Waals surface area contributed by atoms with E-state index in [1.54, 1.807) is 6.08 Å². The molecule has 6 heteroatoms. The molecule has 0 saturated carbocycles. The van der Waals surface area contributed by atoms with Crippen molar-refractivity contribution in [1.82, 2.24) is 5.32 Å². The van der Waals surface area contributed by atoms with Crippen LogP contribution in [0.3, 0.4) is 0 Å². The van der Waals surface area contributed by atoms with Crippen molar-refractivity contribution < 1.29 is 24.5 Å². The van der Waals surface area contributed by atoms with Gasteiger partial charge in [0.1, 0.15) is 0 Å². The van der Waals surface area contributed by atoms with E-state index < -0.39 is 12.1 Å². The second-order valence-corrected chi connectivity index (χ2v) is 22.5. The number of nitrogens with one attached hydrogen (secondary N) is 1. The second-order valence-electron chi connectivity index (χ2n) is 22.5. The Morgan fingerprint density at radius 3 is 1.07 bits per heavy atom. The Morgan fingerprint density at radius 2 is 0.685 bits per heavy atom. The zero-order valence-corrected chi connectivity index (χ0v) is 49.1. The smallest absolute Gasteiger partial charge is 0.305 e. The van der Waals surface area contributed by atoms with Crippen molar-refractivity contribution in [2.75, 3.05) is 13.2 Å². The Kier molecular flexibility index (Phi) is 61.0. The minimum atomic E-state index is -0.845. The number of carbonyl (C=O) groups excluding carboxylic acids is 2. The average molecular weight is 1030 g/mol. The number of amides is 1. The molecule has 0 aromatic carbocycles. The summed E-state index contributed by atoms with van der Waals surface area (Å²) in [4.78, 5) is 24.6. The molecule has 1 amide bonds. The maximum absolute atomic E-state index is 12.5. The van der Waals surface area contributed by atoms with Crippen molar-refractivity contribution in [2.45, 2.75) is 366 Å². The minimum absolute atomic E-state index is 0.00791. The fraction of sp³-hybridized carbons (Fsp3) is 0.881. The maximum atomic E-state index is 12.5. The molecule has 0 aliphatic rings. The van der Waals surface area contributed by atoms with Gasteiger partial charge < -0.3 is 20.3 Å². The average Bonchev–Trinajstić information content (AvgIpc) is 3.39. The van der Waals surface area contributed by atoms with Gasteiger partial charge in [0.15, 0.2) is 0 Å². The molecule has 0 fully saturated rings. The number of carbonyl (C=O) groups is 2. The highest BCUT2D eigenvalue weighted by atomic mass is 16.5. The van der Waals surface area contributed by atoms with E-state index in [2.05, 4.69) is 43.5 Å². The van der Waals surface area contributed by atoms with Crippen molar-refractivity contribution in [3.8, 4) is 0 Å². The molecule has 3 N–H and O–H groups in total. The van der Waals surface area contributed by atoms with E-state index in [1.807, 2.05) is 6.08 Å². The van der Waals surface area contributed by atoms with Gasteiger partial charge in [-0.25, -0.2) is 0 Å². The summed E-state index contributed by atoms with van der Waals surface area (Å²) in [6.45, 7) is 4.90. The fourth-order valence-electron chi connectivity index (χ4n) is 10.1. The molecule has 0 aliphatic carbocycles. The number of allylic oxidation sites excluding steroid dienone is 5. The van der Waals surface area contributed by atoms with Gasteiger partial charge in [0.25, 0.3) is 0 Å². The van der Waals surface area contributed by atoms with Gasteiger partial charge in [0, 0.05) is 12.8 Å². The number of esters is 1. The van der Waals surface area contributed by atoms with Crippen molar-refractivity contribution in [3.05, 3.63) is 36.5 Å². The fourth-order valence-corrected chi connectivity index (χ4v) is 10.1.